The number of carboxylic acids is 1. The lowest BCUT2D eigenvalue weighted by Crippen LogP contribution is -2.27. The van der Waals surface area contributed by atoms with Crippen LogP contribution in [0, 0.1) is 6.92 Å². The molecule has 1 atom stereocenters. The second-order valence-electron chi connectivity index (χ2n) is 7.16. The number of ether oxygens (including phenoxy) is 3. The Kier molecular flexibility index (Phi) is 6.67. The average molecular weight is 439 g/mol. The van der Waals surface area contributed by atoms with Crippen LogP contribution in [0.3, 0.4) is 0 Å². The number of carbonyl (C=O) groups excluding carboxylic acids is 1. The summed E-state index contributed by atoms with van der Waals surface area (Å²) in [5.41, 5.74) is 1.75. The molecule has 2 aromatic carbocycles. The van der Waals surface area contributed by atoms with Crippen LogP contribution in [0.5, 0.6) is 23.1 Å². The number of hydrogen-bond acceptors (Lipinski definition) is 6. The lowest BCUT2D eigenvalue weighted by molar-refractivity contribution is 0.0696. The lowest BCUT2D eigenvalue weighted by Gasteiger charge is -2.16. The Morgan fingerprint density at radius 3 is 2.12 bits per heavy atom. The van der Waals surface area contributed by atoms with Crippen LogP contribution < -0.4 is 19.5 Å². The Balaban J connectivity index is 1.85. The van der Waals surface area contributed by atoms with Gasteiger partial charge in [-0.15, -0.1) is 0 Å². The number of amides is 1. The van der Waals surface area contributed by atoms with Gasteiger partial charge in [-0.2, -0.15) is 5.10 Å². The molecule has 9 heteroatoms. The van der Waals surface area contributed by atoms with Gasteiger partial charge in [0.05, 0.1) is 31.5 Å². The molecule has 168 valence electrons. The van der Waals surface area contributed by atoms with Crippen molar-refractivity contribution >= 4 is 11.9 Å². The topological polar surface area (TPSA) is 112 Å². The first-order valence-electron chi connectivity index (χ1n) is 9.82. The molecule has 0 aliphatic heterocycles. The third kappa shape index (κ3) is 4.83. The van der Waals surface area contributed by atoms with Crippen molar-refractivity contribution < 1.29 is 28.9 Å². The number of hydrogen-bond donors (Lipinski definition) is 2. The van der Waals surface area contributed by atoms with E-state index in [4.69, 9.17) is 19.3 Å². The van der Waals surface area contributed by atoms with Gasteiger partial charge in [0.1, 0.15) is 22.8 Å². The maximum absolute atomic E-state index is 13.1. The zero-order valence-electron chi connectivity index (χ0n) is 18.5. The summed E-state index contributed by atoms with van der Waals surface area (Å²) in [6.07, 6.45) is 0. The van der Waals surface area contributed by atoms with Crippen LogP contribution in [0.2, 0.25) is 0 Å². The molecule has 1 heterocycles. The van der Waals surface area contributed by atoms with Crippen molar-refractivity contribution in [2.75, 3.05) is 14.2 Å². The largest absolute Gasteiger partial charge is 0.496 e. The van der Waals surface area contributed by atoms with Crippen LogP contribution in [0.1, 0.15) is 44.9 Å². The summed E-state index contributed by atoms with van der Waals surface area (Å²) >= 11 is 0. The number of rotatable bonds is 8. The standard InChI is InChI=1S/C23H25N3O6/c1-13(15-6-8-16(9-7-15)23(28)29)24-21(27)20-14(2)25-26(3)22(20)32-19-11-17(30-4)10-18(12-19)31-5/h6-13H,1-5H3,(H,24,27)(H,28,29)/t13-/m0/s1. The van der Waals surface area contributed by atoms with Gasteiger partial charge in [-0.05, 0) is 31.5 Å². The van der Waals surface area contributed by atoms with E-state index in [1.54, 1.807) is 44.3 Å². The van der Waals surface area contributed by atoms with Crippen molar-refractivity contribution in [3.63, 3.8) is 0 Å². The van der Waals surface area contributed by atoms with Crippen LogP contribution in [0.25, 0.3) is 0 Å². The van der Waals surface area contributed by atoms with E-state index < -0.39 is 5.97 Å². The minimum atomic E-state index is -1.00. The normalized spacial score (nSPS) is 11.5. The molecule has 3 aromatic rings. The molecule has 0 aliphatic rings. The maximum Gasteiger partial charge on any atom is 0.335 e. The van der Waals surface area contributed by atoms with Crippen LogP contribution in [-0.4, -0.2) is 41.0 Å². The molecule has 0 unspecified atom stereocenters. The van der Waals surface area contributed by atoms with Gasteiger partial charge in [-0.1, -0.05) is 12.1 Å². The smallest absolute Gasteiger partial charge is 0.335 e. The summed E-state index contributed by atoms with van der Waals surface area (Å²) < 4.78 is 18.0. The lowest BCUT2D eigenvalue weighted by atomic mass is 10.1. The van der Waals surface area contributed by atoms with Crippen molar-refractivity contribution in [2.45, 2.75) is 19.9 Å². The molecule has 9 nitrogen and oxygen atoms in total. The Hall–Kier alpha value is -4.01. The zero-order valence-corrected chi connectivity index (χ0v) is 18.5. The van der Waals surface area contributed by atoms with Crippen LogP contribution in [0.4, 0.5) is 0 Å². The Morgan fingerprint density at radius 1 is 1.03 bits per heavy atom. The molecule has 0 radical (unpaired) electrons. The fraction of sp³-hybridized carbons (Fsp3) is 0.261. The summed E-state index contributed by atoms with van der Waals surface area (Å²) in [6, 6.07) is 11.1. The molecule has 1 aromatic heterocycles. The van der Waals surface area contributed by atoms with Gasteiger partial charge in [-0.3, -0.25) is 4.79 Å². The quantitative estimate of drug-likeness (QED) is 0.550. The maximum atomic E-state index is 13.1. The molecule has 1 amide bonds. The number of carboxylic acid groups (broad SMARTS) is 1. The predicted octanol–water partition coefficient (Wildman–Crippen LogP) is 3.73. The number of aromatic nitrogens is 2. The molecule has 32 heavy (non-hydrogen) atoms. The van der Waals surface area contributed by atoms with Crippen molar-refractivity contribution in [1.29, 1.82) is 0 Å². The fourth-order valence-corrected chi connectivity index (χ4v) is 3.23. The molecular formula is C23H25N3O6. The van der Waals surface area contributed by atoms with E-state index in [0.717, 1.165) is 5.56 Å². The first-order valence-corrected chi connectivity index (χ1v) is 9.82. The highest BCUT2D eigenvalue weighted by atomic mass is 16.5. The van der Waals surface area contributed by atoms with Crippen LogP contribution in [-0.2, 0) is 7.05 Å². The van der Waals surface area contributed by atoms with Gasteiger partial charge in [0.15, 0.2) is 0 Å². The minimum absolute atomic E-state index is 0.180. The number of carbonyl (C=O) groups is 2. The summed E-state index contributed by atoms with van der Waals surface area (Å²) in [5, 5.41) is 16.3. The molecule has 0 spiro atoms. The van der Waals surface area contributed by atoms with E-state index in [1.165, 1.54) is 31.0 Å². The SMILES string of the molecule is COc1cc(OC)cc(Oc2c(C(=O)N[C@@H](C)c3ccc(C(=O)O)cc3)c(C)nn2C)c1. The van der Waals surface area contributed by atoms with Crippen LogP contribution in [0.15, 0.2) is 42.5 Å². The first kappa shape index (κ1) is 22.7. The zero-order chi connectivity index (χ0) is 23.4. The molecular weight excluding hydrogens is 414 g/mol. The van der Waals surface area contributed by atoms with Gasteiger partial charge in [-0.25, -0.2) is 9.48 Å². The van der Waals surface area contributed by atoms with Crippen molar-refractivity contribution in [3.05, 3.63) is 64.8 Å². The van der Waals surface area contributed by atoms with Crippen LogP contribution >= 0.6 is 0 Å². The molecule has 0 bridgehead atoms. The molecule has 0 saturated carbocycles. The number of aromatic carboxylic acids is 1. The van der Waals surface area contributed by atoms with Gasteiger partial charge < -0.3 is 24.6 Å². The highest BCUT2D eigenvalue weighted by molar-refractivity contribution is 5.98. The monoisotopic (exact) mass is 439 g/mol. The highest BCUT2D eigenvalue weighted by Gasteiger charge is 2.24. The van der Waals surface area contributed by atoms with Crippen molar-refractivity contribution in [2.24, 2.45) is 7.05 Å². The molecule has 0 aliphatic carbocycles. The Bertz CT molecular complexity index is 1120. The average Bonchev–Trinajstić information content (AvgIpc) is 3.05. The third-order valence-corrected chi connectivity index (χ3v) is 4.94. The summed E-state index contributed by atoms with van der Waals surface area (Å²) in [6.45, 7) is 3.53. The van der Waals surface area contributed by atoms with E-state index in [0.29, 0.717) is 28.5 Å². The van der Waals surface area contributed by atoms with E-state index in [-0.39, 0.29) is 23.4 Å². The molecule has 2 N–H and O–H groups in total. The third-order valence-electron chi connectivity index (χ3n) is 4.94. The summed E-state index contributed by atoms with van der Waals surface area (Å²) in [4.78, 5) is 24.2. The minimum Gasteiger partial charge on any atom is -0.496 e. The van der Waals surface area contributed by atoms with E-state index in [1.807, 2.05) is 6.92 Å². The second-order valence-corrected chi connectivity index (χ2v) is 7.16. The summed E-state index contributed by atoms with van der Waals surface area (Å²) in [5.74, 6) is 0.412. The van der Waals surface area contributed by atoms with Gasteiger partial charge in [0, 0.05) is 25.2 Å². The van der Waals surface area contributed by atoms with E-state index in [9.17, 15) is 9.59 Å². The number of aryl methyl sites for hydroxylation is 2. The second kappa shape index (κ2) is 9.42. The Labute approximate surface area is 185 Å². The number of nitrogens with zero attached hydrogens (tertiary/aromatic N) is 2. The van der Waals surface area contributed by atoms with Crippen molar-refractivity contribution in [3.8, 4) is 23.1 Å². The van der Waals surface area contributed by atoms with Crippen molar-refractivity contribution in [1.82, 2.24) is 15.1 Å². The first-order chi connectivity index (χ1) is 15.2. The summed E-state index contributed by atoms with van der Waals surface area (Å²) in [7, 11) is 4.76. The van der Waals surface area contributed by atoms with Gasteiger partial charge >= 0.3 is 5.97 Å². The molecule has 0 fully saturated rings. The number of methoxy groups -OCH3 is 2. The predicted molar refractivity (Wildman–Crippen MR) is 117 cm³/mol. The number of benzene rings is 2. The number of nitrogens with one attached hydrogen (secondary N) is 1. The van der Waals surface area contributed by atoms with E-state index >= 15 is 0 Å². The van der Waals surface area contributed by atoms with E-state index in [2.05, 4.69) is 10.4 Å². The molecule has 0 saturated heterocycles. The highest BCUT2D eigenvalue weighted by Crippen LogP contribution is 2.33. The molecule has 3 rings (SSSR count). The van der Waals surface area contributed by atoms with Gasteiger partial charge in [0.2, 0.25) is 5.88 Å². The fourth-order valence-electron chi connectivity index (χ4n) is 3.23. The Morgan fingerprint density at radius 2 is 1.59 bits per heavy atom. The van der Waals surface area contributed by atoms with Gasteiger partial charge in [0.25, 0.3) is 5.91 Å².